The molecule has 2 bridgehead atoms. The molecule has 5 rings (SSSR count). The number of carbonyl (C=O) groups excluding carboxylic acids is 2. The number of ether oxygens (including phenoxy) is 3. The second-order valence-corrected chi connectivity index (χ2v) is 12.8. The Bertz CT molecular complexity index is 1190. The normalized spacial score (nSPS) is 21.7. The second kappa shape index (κ2) is 12.4. The van der Waals surface area contributed by atoms with Gasteiger partial charge in [-0.1, -0.05) is 18.9 Å². The van der Waals surface area contributed by atoms with E-state index in [1.807, 2.05) is 49.7 Å². The van der Waals surface area contributed by atoms with Gasteiger partial charge in [0.05, 0.1) is 37.9 Å². The van der Waals surface area contributed by atoms with E-state index in [1.165, 1.54) is 25.7 Å². The first-order chi connectivity index (χ1) is 19.7. The molecular formula is C32H46N4O5. The van der Waals surface area contributed by atoms with Crippen molar-refractivity contribution in [3.63, 3.8) is 0 Å². The molecule has 1 atom stereocenters. The van der Waals surface area contributed by atoms with Crippen LogP contribution >= 0.6 is 0 Å². The predicted octanol–water partition coefficient (Wildman–Crippen LogP) is 5.53. The maximum atomic E-state index is 13.8. The Balaban J connectivity index is 1.40. The standard InChI is InChI=1S/C32H46N4O5/c1-32(2,3)41-29(37)19-21(17-18-35-22-13-14-23(35)16-15-22)33-31(38)25-20-26(36(34-25)24-9-6-7-10-24)30-27(39-4)11-8-12-28(30)40-5/h8,11-12,20-24H,6-7,9-10,13-19H2,1-5H3,(H,33,38)/t21-,22?,23?/m0/s1. The number of esters is 1. The minimum atomic E-state index is -0.581. The Hall–Kier alpha value is -3.07. The molecule has 1 N–H and O–H groups in total. The van der Waals surface area contributed by atoms with Crippen LogP contribution in [0.15, 0.2) is 24.3 Å². The van der Waals surface area contributed by atoms with Crippen molar-refractivity contribution in [2.24, 2.45) is 0 Å². The summed E-state index contributed by atoms with van der Waals surface area (Å²) >= 11 is 0. The van der Waals surface area contributed by atoms with Crippen molar-refractivity contribution in [3.05, 3.63) is 30.0 Å². The van der Waals surface area contributed by atoms with Crippen LogP contribution in [0.4, 0.5) is 0 Å². The number of fused-ring (bicyclic) bond motifs is 2. The third-order valence-corrected chi connectivity index (χ3v) is 8.83. The molecule has 224 valence electrons. The molecule has 2 aromatic rings. The lowest BCUT2D eigenvalue weighted by molar-refractivity contribution is -0.155. The number of nitrogens with one attached hydrogen (secondary N) is 1. The average molecular weight is 567 g/mol. The predicted molar refractivity (Wildman–Crippen MR) is 157 cm³/mol. The van der Waals surface area contributed by atoms with Crippen LogP contribution in [0.3, 0.4) is 0 Å². The van der Waals surface area contributed by atoms with E-state index in [0.29, 0.717) is 35.7 Å². The summed E-state index contributed by atoms with van der Waals surface area (Å²) < 4.78 is 19.0. The van der Waals surface area contributed by atoms with Crippen LogP contribution < -0.4 is 14.8 Å². The van der Waals surface area contributed by atoms with E-state index in [4.69, 9.17) is 19.3 Å². The average Bonchev–Trinajstić information content (AvgIpc) is 3.74. The molecule has 1 aromatic heterocycles. The summed E-state index contributed by atoms with van der Waals surface area (Å²) in [6.45, 7) is 6.46. The maximum absolute atomic E-state index is 13.8. The third-order valence-electron chi connectivity index (χ3n) is 8.83. The number of rotatable bonds is 11. The molecule has 1 amide bonds. The van der Waals surface area contributed by atoms with E-state index in [-0.39, 0.29) is 30.4 Å². The quantitative estimate of drug-likeness (QED) is 0.358. The number of methoxy groups -OCH3 is 2. The molecule has 2 aliphatic heterocycles. The number of benzene rings is 1. The first-order valence-corrected chi connectivity index (χ1v) is 15.3. The summed E-state index contributed by atoms with van der Waals surface area (Å²) in [6.07, 6.45) is 10.1. The van der Waals surface area contributed by atoms with Crippen molar-refractivity contribution >= 4 is 11.9 Å². The fraction of sp³-hybridized carbons (Fsp3) is 0.656. The Labute approximate surface area is 243 Å². The van der Waals surface area contributed by atoms with Gasteiger partial charge >= 0.3 is 5.97 Å². The van der Waals surface area contributed by atoms with Gasteiger partial charge in [-0.25, -0.2) is 0 Å². The molecule has 9 nitrogen and oxygen atoms in total. The minimum Gasteiger partial charge on any atom is -0.496 e. The smallest absolute Gasteiger partial charge is 0.308 e. The van der Waals surface area contributed by atoms with E-state index >= 15 is 0 Å². The fourth-order valence-corrected chi connectivity index (χ4v) is 6.98. The highest BCUT2D eigenvalue weighted by Crippen LogP contribution is 2.42. The van der Waals surface area contributed by atoms with Crippen LogP contribution in [0.1, 0.15) is 102 Å². The highest BCUT2D eigenvalue weighted by Gasteiger charge is 2.39. The topological polar surface area (TPSA) is 94.9 Å². The SMILES string of the molecule is COc1cccc(OC)c1-c1cc(C(=O)N[C@@H](CCN2C3CCC2CC3)CC(=O)OC(C)(C)C)nn1C1CCCC1. The van der Waals surface area contributed by atoms with Gasteiger partial charge < -0.3 is 19.5 Å². The second-order valence-electron chi connectivity index (χ2n) is 12.8. The highest BCUT2D eigenvalue weighted by molar-refractivity contribution is 5.94. The third kappa shape index (κ3) is 6.71. The lowest BCUT2D eigenvalue weighted by Gasteiger charge is -2.26. The van der Waals surface area contributed by atoms with Crippen LogP contribution in [0.5, 0.6) is 11.5 Å². The van der Waals surface area contributed by atoms with E-state index < -0.39 is 5.60 Å². The summed E-state index contributed by atoms with van der Waals surface area (Å²) in [4.78, 5) is 29.2. The number of amides is 1. The maximum Gasteiger partial charge on any atom is 0.308 e. The van der Waals surface area contributed by atoms with Gasteiger partial charge in [0.25, 0.3) is 5.91 Å². The first-order valence-electron chi connectivity index (χ1n) is 15.3. The Morgan fingerprint density at radius 1 is 0.976 bits per heavy atom. The van der Waals surface area contributed by atoms with Gasteiger partial charge in [-0.3, -0.25) is 19.2 Å². The van der Waals surface area contributed by atoms with Gasteiger partial charge in [-0.05, 0) is 83.9 Å². The molecule has 1 aliphatic carbocycles. The van der Waals surface area contributed by atoms with Crippen molar-refractivity contribution in [2.45, 2.75) is 115 Å². The summed E-state index contributed by atoms with van der Waals surface area (Å²) in [7, 11) is 3.27. The summed E-state index contributed by atoms with van der Waals surface area (Å²) in [5, 5.41) is 8.01. The number of aromatic nitrogens is 2. The van der Waals surface area contributed by atoms with Crippen LogP contribution in [-0.2, 0) is 9.53 Å². The van der Waals surface area contributed by atoms with Crippen LogP contribution in [0.25, 0.3) is 11.3 Å². The molecule has 1 saturated carbocycles. The van der Waals surface area contributed by atoms with Crippen LogP contribution in [-0.4, -0.2) is 71.0 Å². The van der Waals surface area contributed by atoms with Gasteiger partial charge in [-0.15, -0.1) is 0 Å². The Morgan fingerprint density at radius 3 is 2.15 bits per heavy atom. The Kier molecular flexibility index (Phi) is 8.92. The summed E-state index contributed by atoms with van der Waals surface area (Å²) in [5.41, 5.74) is 1.33. The zero-order valence-electron chi connectivity index (χ0n) is 25.3. The fourth-order valence-electron chi connectivity index (χ4n) is 6.98. The lowest BCUT2D eigenvalue weighted by atomic mass is 10.0. The van der Waals surface area contributed by atoms with Crippen molar-refractivity contribution in [1.82, 2.24) is 20.0 Å². The minimum absolute atomic E-state index is 0.128. The zero-order chi connectivity index (χ0) is 29.1. The molecule has 2 saturated heterocycles. The van der Waals surface area contributed by atoms with Crippen LogP contribution in [0.2, 0.25) is 0 Å². The van der Waals surface area contributed by atoms with Crippen LogP contribution in [0, 0.1) is 0 Å². The van der Waals surface area contributed by atoms with Crippen molar-refractivity contribution in [2.75, 3.05) is 20.8 Å². The van der Waals surface area contributed by atoms with Gasteiger partial charge in [-0.2, -0.15) is 5.10 Å². The molecule has 0 spiro atoms. The number of nitrogens with zero attached hydrogens (tertiary/aromatic N) is 3. The Morgan fingerprint density at radius 2 is 1.59 bits per heavy atom. The first kappa shape index (κ1) is 29.4. The van der Waals surface area contributed by atoms with Gasteiger partial charge in [0, 0.05) is 24.7 Å². The molecule has 3 fully saturated rings. The molecule has 0 radical (unpaired) electrons. The largest absolute Gasteiger partial charge is 0.496 e. The van der Waals surface area contributed by atoms with E-state index in [2.05, 4.69) is 10.2 Å². The van der Waals surface area contributed by atoms with Crippen molar-refractivity contribution in [3.8, 4) is 22.8 Å². The van der Waals surface area contributed by atoms with Gasteiger partial charge in [0.15, 0.2) is 5.69 Å². The van der Waals surface area contributed by atoms with Crippen molar-refractivity contribution in [1.29, 1.82) is 0 Å². The zero-order valence-corrected chi connectivity index (χ0v) is 25.3. The summed E-state index contributed by atoms with van der Waals surface area (Å²) in [5.74, 6) is 0.745. The number of carbonyl (C=O) groups is 2. The molecule has 0 unspecified atom stereocenters. The highest BCUT2D eigenvalue weighted by atomic mass is 16.6. The molecule has 9 heteroatoms. The molecule has 1 aromatic carbocycles. The van der Waals surface area contributed by atoms with E-state index in [1.54, 1.807) is 14.2 Å². The number of hydrogen-bond acceptors (Lipinski definition) is 7. The molecular weight excluding hydrogens is 520 g/mol. The molecule has 3 heterocycles. The lowest BCUT2D eigenvalue weighted by Crippen LogP contribution is -2.41. The molecule has 3 aliphatic rings. The van der Waals surface area contributed by atoms with Crippen molar-refractivity contribution < 1.29 is 23.8 Å². The van der Waals surface area contributed by atoms with Gasteiger partial charge in [0.1, 0.15) is 17.1 Å². The van der Waals surface area contributed by atoms with E-state index in [0.717, 1.165) is 43.5 Å². The number of hydrogen-bond donors (Lipinski definition) is 1. The van der Waals surface area contributed by atoms with Gasteiger partial charge in [0.2, 0.25) is 0 Å². The summed E-state index contributed by atoms with van der Waals surface area (Å²) in [6, 6.07) is 8.63. The molecule has 41 heavy (non-hydrogen) atoms. The van der Waals surface area contributed by atoms with E-state index in [9.17, 15) is 9.59 Å². The monoisotopic (exact) mass is 566 g/mol.